The summed E-state index contributed by atoms with van der Waals surface area (Å²) < 4.78 is 0. The minimum Gasteiger partial charge on any atom is -0.355 e. The van der Waals surface area contributed by atoms with Crippen molar-refractivity contribution in [2.24, 2.45) is 0 Å². The molecule has 2 N–H and O–H groups in total. The van der Waals surface area contributed by atoms with Crippen LogP contribution in [0.2, 0.25) is 0 Å². The second kappa shape index (κ2) is 6.89. The van der Waals surface area contributed by atoms with Crippen LogP contribution in [0, 0.1) is 0 Å². The van der Waals surface area contributed by atoms with Crippen LogP contribution < -0.4 is 0 Å². The van der Waals surface area contributed by atoms with Gasteiger partial charge in [-0.3, -0.25) is 0 Å². The summed E-state index contributed by atoms with van der Waals surface area (Å²) in [5.74, 6) is 0. The predicted molar refractivity (Wildman–Crippen MR) is 114 cm³/mol. The van der Waals surface area contributed by atoms with Gasteiger partial charge in [0.1, 0.15) is 0 Å². The fraction of sp³-hybridized carbons (Fsp3) is 0. The van der Waals surface area contributed by atoms with E-state index in [1.165, 1.54) is 0 Å². The van der Waals surface area contributed by atoms with Gasteiger partial charge < -0.3 is 9.97 Å². The van der Waals surface area contributed by atoms with E-state index in [4.69, 9.17) is 4.98 Å². The summed E-state index contributed by atoms with van der Waals surface area (Å²) in [4.78, 5) is 16.5. The first-order chi connectivity index (χ1) is 13.8. The maximum atomic E-state index is 4.91. The number of aromatic amines is 2. The molecule has 0 saturated heterocycles. The van der Waals surface area contributed by atoms with Crippen LogP contribution in [0.5, 0.6) is 0 Å². The van der Waals surface area contributed by atoms with Crippen LogP contribution in [0.3, 0.4) is 0 Å². The molecule has 3 aromatic heterocycles. The molecular formula is C24H16CuN4+. The fourth-order valence-electron chi connectivity index (χ4n) is 3.76. The number of nitrogens with zero attached hydrogens (tertiary/aromatic N) is 2. The number of hydrogen-bond donors (Lipinski definition) is 2. The molecule has 4 aromatic rings. The Balaban J connectivity index is 0.00000181. The summed E-state index contributed by atoms with van der Waals surface area (Å²) in [7, 11) is 0. The summed E-state index contributed by atoms with van der Waals surface area (Å²) in [6.45, 7) is 0. The third-order valence-corrected chi connectivity index (χ3v) is 5.06. The maximum Gasteiger partial charge on any atom is 1.00 e. The van der Waals surface area contributed by atoms with Crippen LogP contribution in [-0.2, 0) is 17.1 Å². The van der Waals surface area contributed by atoms with Gasteiger partial charge in [-0.1, -0.05) is 24.3 Å². The first-order valence-electron chi connectivity index (χ1n) is 9.26. The van der Waals surface area contributed by atoms with Crippen molar-refractivity contribution < 1.29 is 17.1 Å². The molecular weight excluding hydrogens is 408 g/mol. The summed E-state index contributed by atoms with van der Waals surface area (Å²) >= 11 is 0. The standard InChI is InChI=1S/C24H16N4.Cu/c1-2-4-22-21(3-1)23-13-19-9-7-17(26-19)11-15-5-6-16(25-15)12-18-8-10-20(27-18)14-24(22)28-23;/h1-14,26-27H;/q;+1. The molecule has 0 fully saturated rings. The molecule has 5 heteroatoms. The Morgan fingerprint density at radius 3 is 1.45 bits per heavy atom. The number of hydrogen-bond acceptors (Lipinski definition) is 2. The third kappa shape index (κ3) is 3.21. The summed E-state index contributed by atoms with van der Waals surface area (Å²) in [6.07, 6.45) is 4.06. The summed E-state index contributed by atoms with van der Waals surface area (Å²) in [5.41, 5.74) is 10.2. The molecule has 0 aliphatic carbocycles. The smallest absolute Gasteiger partial charge is 0.355 e. The molecule has 1 aromatic carbocycles. The van der Waals surface area contributed by atoms with E-state index in [0.717, 1.165) is 56.0 Å². The Morgan fingerprint density at radius 2 is 0.966 bits per heavy atom. The molecule has 6 rings (SSSR count). The molecule has 29 heavy (non-hydrogen) atoms. The molecule has 4 nitrogen and oxygen atoms in total. The van der Waals surface area contributed by atoms with Crippen molar-refractivity contribution >= 4 is 34.2 Å². The minimum absolute atomic E-state index is 0. The number of aromatic nitrogens is 4. The van der Waals surface area contributed by atoms with Crippen LogP contribution in [0.4, 0.5) is 0 Å². The monoisotopic (exact) mass is 423 g/mol. The van der Waals surface area contributed by atoms with E-state index in [9.17, 15) is 0 Å². The van der Waals surface area contributed by atoms with Gasteiger partial charge in [-0.15, -0.1) is 0 Å². The SMILES string of the molecule is C1=Cc2cc3ccc(cc4nc(cc5ccc(cc1n2)[nH]5)-c1ccccc1-4)[nH]3.[Cu+]. The summed E-state index contributed by atoms with van der Waals surface area (Å²) in [5, 5.41) is 0. The maximum absolute atomic E-state index is 4.91. The number of rotatable bonds is 0. The Morgan fingerprint density at radius 1 is 0.517 bits per heavy atom. The van der Waals surface area contributed by atoms with Gasteiger partial charge >= 0.3 is 17.1 Å². The predicted octanol–water partition coefficient (Wildman–Crippen LogP) is 5.82. The van der Waals surface area contributed by atoms with Crippen molar-refractivity contribution in [3.63, 3.8) is 0 Å². The van der Waals surface area contributed by atoms with Crippen molar-refractivity contribution in [3.8, 4) is 22.5 Å². The number of fused-ring (bicyclic) bond motifs is 11. The largest absolute Gasteiger partial charge is 1.00 e. The molecule has 0 saturated carbocycles. The quantitative estimate of drug-likeness (QED) is 0.302. The Labute approximate surface area is 177 Å². The Bertz CT molecular complexity index is 1320. The van der Waals surface area contributed by atoms with Crippen molar-refractivity contribution in [3.05, 3.63) is 84.2 Å². The molecule has 142 valence electrons. The first kappa shape index (κ1) is 17.7. The van der Waals surface area contributed by atoms with Crippen LogP contribution >= 0.6 is 0 Å². The zero-order valence-corrected chi connectivity index (χ0v) is 16.2. The van der Waals surface area contributed by atoms with Crippen molar-refractivity contribution in [2.45, 2.75) is 0 Å². The van der Waals surface area contributed by atoms with Crippen LogP contribution in [0.1, 0.15) is 11.4 Å². The number of nitrogens with one attached hydrogen (secondary N) is 2. The van der Waals surface area contributed by atoms with Gasteiger partial charge in [0.05, 0.1) is 22.8 Å². The van der Waals surface area contributed by atoms with E-state index in [0.29, 0.717) is 0 Å². The van der Waals surface area contributed by atoms with Gasteiger partial charge in [-0.05, 0) is 60.7 Å². The van der Waals surface area contributed by atoms with Gasteiger partial charge in [0.2, 0.25) is 0 Å². The average Bonchev–Trinajstić information content (AvgIpc) is 3.47. The third-order valence-electron chi connectivity index (χ3n) is 5.06. The van der Waals surface area contributed by atoms with Crippen LogP contribution in [0.15, 0.2) is 72.8 Å². The zero-order chi connectivity index (χ0) is 18.5. The molecule has 8 bridgehead atoms. The molecule has 0 amide bonds. The van der Waals surface area contributed by atoms with Crippen molar-refractivity contribution in [2.75, 3.05) is 0 Å². The molecule has 5 heterocycles. The molecule has 2 aliphatic heterocycles. The van der Waals surface area contributed by atoms with E-state index in [1.54, 1.807) is 0 Å². The normalized spacial score (nSPS) is 11.7. The fourth-order valence-corrected chi connectivity index (χ4v) is 3.76. The molecule has 0 atom stereocenters. The molecule has 0 unspecified atom stereocenters. The van der Waals surface area contributed by atoms with Gasteiger partial charge in [0, 0.05) is 33.2 Å². The van der Waals surface area contributed by atoms with Crippen LogP contribution in [0.25, 0.3) is 56.7 Å². The second-order valence-corrected chi connectivity index (χ2v) is 7.04. The van der Waals surface area contributed by atoms with E-state index in [2.05, 4.69) is 87.7 Å². The van der Waals surface area contributed by atoms with E-state index in [-0.39, 0.29) is 17.1 Å². The van der Waals surface area contributed by atoms with E-state index in [1.807, 2.05) is 12.2 Å². The average molecular weight is 424 g/mol. The second-order valence-electron chi connectivity index (χ2n) is 7.04. The Kier molecular flexibility index (Phi) is 4.20. The van der Waals surface area contributed by atoms with E-state index < -0.39 is 0 Å². The van der Waals surface area contributed by atoms with Gasteiger partial charge in [-0.25, -0.2) is 9.97 Å². The molecule has 0 radical (unpaired) electrons. The molecule has 2 aliphatic rings. The summed E-state index contributed by atoms with van der Waals surface area (Å²) in [6, 6.07) is 24.9. The van der Waals surface area contributed by atoms with E-state index >= 15 is 0 Å². The topological polar surface area (TPSA) is 57.4 Å². The van der Waals surface area contributed by atoms with Gasteiger partial charge in [0.15, 0.2) is 0 Å². The zero-order valence-electron chi connectivity index (χ0n) is 15.3. The first-order valence-corrected chi connectivity index (χ1v) is 9.26. The number of benzene rings is 1. The van der Waals surface area contributed by atoms with Crippen LogP contribution in [-0.4, -0.2) is 19.9 Å². The van der Waals surface area contributed by atoms with Crippen molar-refractivity contribution in [1.82, 2.24) is 19.9 Å². The van der Waals surface area contributed by atoms with Gasteiger partial charge in [0.25, 0.3) is 0 Å². The number of H-pyrrole nitrogens is 2. The van der Waals surface area contributed by atoms with Gasteiger partial charge in [-0.2, -0.15) is 0 Å². The van der Waals surface area contributed by atoms with Crippen molar-refractivity contribution in [1.29, 1.82) is 0 Å². The molecule has 0 spiro atoms. The Hall–Kier alpha value is -3.40. The minimum atomic E-state index is 0.